The number of ketones is 4. The highest BCUT2D eigenvalue weighted by Gasteiger charge is 2.81. The fourth-order valence-electron chi connectivity index (χ4n) is 9.04. The number of carbonyl (C=O) groups is 4. The number of carbonyl (C=O) groups excluding carboxylic acids is 4. The van der Waals surface area contributed by atoms with Crippen LogP contribution >= 0.6 is 0 Å². The van der Waals surface area contributed by atoms with Crippen molar-refractivity contribution in [2.24, 2.45) is 5.41 Å². The maximum Gasteiger partial charge on any atom is 0.197 e. The summed E-state index contributed by atoms with van der Waals surface area (Å²) in [5, 5.41) is 0. The fourth-order valence-corrected chi connectivity index (χ4v) is 9.04. The van der Waals surface area contributed by atoms with Crippen molar-refractivity contribution in [1.82, 2.24) is 0 Å². The summed E-state index contributed by atoms with van der Waals surface area (Å²) in [5.74, 6) is -2.70. The Kier molecular flexibility index (Phi) is 7.09. The standard InChI is InChI=1S/C46H41NO4/c1-43(2,3)30-24-20-28(21-25-30)37-45(39(48)33-16-10-11-17-34(33)40(45)49)38(29-22-26-31(27-23-29)44(4,5)6)47(32-14-8-7-9-15-32)46(37)41(50)35-18-12-13-19-36(35)42(46)51/h7-27,37-38H,1-6H3/t37-,38+/m0/s1. The van der Waals surface area contributed by atoms with Crippen molar-refractivity contribution in [3.05, 3.63) is 172 Å². The Bertz CT molecular complexity index is 2180. The van der Waals surface area contributed by atoms with Crippen molar-refractivity contribution in [1.29, 1.82) is 0 Å². The van der Waals surface area contributed by atoms with E-state index in [1.165, 1.54) is 0 Å². The van der Waals surface area contributed by atoms with Crippen molar-refractivity contribution >= 4 is 28.8 Å². The second-order valence-electron chi connectivity index (χ2n) is 16.3. The summed E-state index contributed by atoms with van der Waals surface area (Å²) in [6, 6.07) is 38.1. The average molecular weight is 672 g/mol. The number of rotatable bonds is 3. The van der Waals surface area contributed by atoms with Crippen LogP contribution in [-0.4, -0.2) is 28.7 Å². The van der Waals surface area contributed by atoms with Crippen LogP contribution in [-0.2, 0) is 10.8 Å². The number of benzene rings is 5. The van der Waals surface area contributed by atoms with Crippen LogP contribution in [0.2, 0.25) is 0 Å². The third-order valence-corrected chi connectivity index (χ3v) is 11.5. The molecule has 51 heavy (non-hydrogen) atoms. The van der Waals surface area contributed by atoms with Crippen LogP contribution in [0.3, 0.4) is 0 Å². The van der Waals surface area contributed by atoms with Crippen LogP contribution in [0, 0.1) is 5.41 Å². The topological polar surface area (TPSA) is 71.5 Å². The predicted molar refractivity (Wildman–Crippen MR) is 200 cm³/mol. The van der Waals surface area contributed by atoms with E-state index < -0.39 is 34.5 Å². The molecule has 1 saturated heterocycles. The zero-order valence-corrected chi connectivity index (χ0v) is 29.9. The van der Waals surface area contributed by atoms with E-state index >= 15 is 19.2 Å². The molecule has 2 atom stereocenters. The molecule has 5 heteroatoms. The molecule has 0 unspecified atom stereocenters. The van der Waals surface area contributed by atoms with Gasteiger partial charge in [0.05, 0.1) is 6.04 Å². The molecule has 5 aromatic rings. The van der Waals surface area contributed by atoms with Crippen molar-refractivity contribution in [3.63, 3.8) is 0 Å². The van der Waals surface area contributed by atoms with Gasteiger partial charge in [-0.25, -0.2) is 0 Å². The SMILES string of the molecule is CC(C)(C)c1ccc([C@H]2N(c3ccccc3)C3(C(=O)c4ccccc4C3=O)[C@@H](c3ccc(C(C)(C)C)cc3)C23C(=O)c2ccccc2C3=O)cc1. The monoisotopic (exact) mass is 671 g/mol. The molecule has 2 aliphatic carbocycles. The second kappa shape index (κ2) is 11.0. The lowest BCUT2D eigenvalue weighted by molar-refractivity contribution is 0.0619. The molecule has 3 aliphatic rings. The van der Waals surface area contributed by atoms with Gasteiger partial charge >= 0.3 is 0 Å². The van der Waals surface area contributed by atoms with Gasteiger partial charge in [0.2, 0.25) is 0 Å². The van der Waals surface area contributed by atoms with Crippen LogP contribution in [0.1, 0.15) is 117 Å². The first-order valence-electron chi connectivity index (χ1n) is 17.7. The van der Waals surface area contributed by atoms with Gasteiger partial charge in [0.25, 0.3) is 0 Å². The summed E-state index contributed by atoms with van der Waals surface area (Å²) >= 11 is 0. The Balaban J connectivity index is 1.54. The van der Waals surface area contributed by atoms with Crippen LogP contribution in [0.25, 0.3) is 0 Å². The molecular formula is C46H41NO4. The van der Waals surface area contributed by atoms with Gasteiger partial charge < -0.3 is 4.90 Å². The number of hydrogen-bond donors (Lipinski definition) is 0. The van der Waals surface area contributed by atoms with Gasteiger partial charge in [0.15, 0.2) is 28.7 Å². The van der Waals surface area contributed by atoms with Crippen molar-refractivity contribution < 1.29 is 19.2 Å². The van der Waals surface area contributed by atoms with Gasteiger partial charge in [-0.1, -0.05) is 157 Å². The quantitative estimate of drug-likeness (QED) is 0.179. The van der Waals surface area contributed by atoms with E-state index in [1.807, 2.05) is 83.8 Å². The molecule has 0 amide bonds. The van der Waals surface area contributed by atoms with E-state index in [0.29, 0.717) is 39.1 Å². The highest BCUT2D eigenvalue weighted by Crippen LogP contribution is 2.70. The van der Waals surface area contributed by atoms with Crippen molar-refractivity contribution in [2.75, 3.05) is 4.90 Å². The average Bonchev–Trinajstić information content (AvgIpc) is 3.63. The first-order valence-corrected chi connectivity index (χ1v) is 17.7. The Morgan fingerprint density at radius 3 is 1.24 bits per heavy atom. The van der Waals surface area contributed by atoms with Gasteiger partial charge in [0, 0.05) is 33.9 Å². The van der Waals surface area contributed by atoms with E-state index in [9.17, 15) is 0 Å². The molecule has 8 rings (SSSR count). The van der Waals surface area contributed by atoms with E-state index in [-0.39, 0.29) is 22.4 Å². The van der Waals surface area contributed by atoms with Crippen LogP contribution in [0.15, 0.2) is 127 Å². The lowest BCUT2D eigenvalue weighted by Gasteiger charge is -2.40. The minimum Gasteiger partial charge on any atom is -0.343 e. The highest BCUT2D eigenvalue weighted by molar-refractivity contribution is 6.39. The summed E-state index contributed by atoms with van der Waals surface area (Å²) in [6.07, 6.45) is 0. The van der Waals surface area contributed by atoms with Gasteiger partial charge in [-0.05, 0) is 45.2 Å². The molecule has 1 fully saturated rings. The van der Waals surface area contributed by atoms with Crippen molar-refractivity contribution in [2.45, 2.75) is 69.9 Å². The second-order valence-corrected chi connectivity index (χ2v) is 16.3. The predicted octanol–water partition coefficient (Wildman–Crippen LogP) is 9.51. The molecule has 0 radical (unpaired) electrons. The summed E-state index contributed by atoms with van der Waals surface area (Å²) in [4.78, 5) is 64.1. The number of Topliss-reactive ketones (excluding diaryl/α,β-unsaturated/α-hetero) is 4. The first kappa shape index (κ1) is 32.8. The summed E-state index contributed by atoms with van der Waals surface area (Å²) in [5.41, 5.74) is 1.10. The van der Waals surface area contributed by atoms with E-state index in [1.54, 1.807) is 48.5 Å². The lowest BCUT2D eigenvalue weighted by atomic mass is 9.59. The largest absolute Gasteiger partial charge is 0.343 e. The molecule has 0 aromatic heterocycles. The highest BCUT2D eigenvalue weighted by atomic mass is 16.2. The fraction of sp³-hybridized carbons (Fsp3) is 0.261. The minimum atomic E-state index is -1.95. The summed E-state index contributed by atoms with van der Waals surface area (Å²) in [6.45, 7) is 12.8. The molecule has 0 bridgehead atoms. The van der Waals surface area contributed by atoms with Crippen LogP contribution in [0.4, 0.5) is 5.69 Å². The first-order chi connectivity index (χ1) is 24.2. The van der Waals surface area contributed by atoms with E-state index in [0.717, 1.165) is 11.1 Å². The van der Waals surface area contributed by atoms with Gasteiger partial charge in [-0.3, -0.25) is 19.2 Å². The number of fused-ring (bicyclic) bond motifs is 2. The third kappa shape index (κ3) is 4.33. The van der Waals surface area contributed by atoms with Crippen molar-refractivity contribution in [3.8, 4) is 0 Å². The zero-order chi connectivity index (χ0) is 36.1. The minimum absolute atomic E-state index is 0.155. The number of hydrogen-bond acceptors (Lipinski definition) is 5. The molecule has 0 N–H and O–H groups in total. The zero-order valence-electron chi connectivity index (χ0n) is 29.9. The molecule has 5 nitrogen and oxygen atoms in total. The molecular weight excluding hydrogens is 631 g/mol. The van der Waals surface area contributed by atoms with Crippen LogP contribution < -0.4 is 4.90 Å². The lowest BCUT2D eigenvalue weighted by Crippen LogP contribution is -2.57. The van der Waals surface area contributed by atoms with Gasteiger partial charge in [0.1, 0.15) is 5.41 Å². The Hall–Kier alpha value is -5.42. The van der Waals surface area contributed by atoms with E-state index in [4.69, 9.17) is 0 Å². The molecule has 5 aromatic carbocycles. The maximum absolute atomic E-state index is 15.6. The Morgan fingerprint density at radius 1 is 0.451 bits per heavy atom. The Labute approximate surface area is 299 Å². The molecule has 1 heterocycles. The number of nitrogens with zero attached hydrogens (tertiary/aromatic N) is 1. The smallest absolute Gasteiger partial charge is 0.197 e. The van der Waals surface area contributed by atoms with Crippen LogP contribution in [0.5, 0.6) is 0 Å². The maximum atomic E-state index is 15.6. The molecule has 254 valence electrons. The van der Waals surface area contributed by atoms with E-state index in [2.05, 4.69) is 41.5 Å². The number of anilines is 1. The molecule has 1 aliphatic heterocycles. The number of para-hydroxylation sites is 1. The summed E-state index contributed by atoms with van der Waals surface area (Å²) in [7, 11) is 0. The Morgan fingerprint density at radius 2 is 0.824 bits per heavy atom. The van der Waals surface area contributed by atoms with Gasteiger partial charge in [-0.2, -0.15) is 0 Å². The van der Waals surface area contributed by atoms with Gasteiger partial charge in [-0.15, -0.1) is 0 Å². The molecule has 2 spiro atoms. The third-order valence-electron chi connectivity index (χ3n) is 11.5. The molecule has 0 saturated carbocycles. The summed E-state index contributed by atoms with van der Waals surface area (Å²) < 4.78 is 0. The normalized spacial score (nSPS) is 20.4.